The van der Waals surface area contributed by atoms with Crippen LogP contribution in [0.5, 0.6) is 0 Å². The van der Waals surface area contributed by atoms with Gasteiger partial charge in [-0.1, -0.05) is 32.4 Å². The first-order valence-electron chi connectivity index (χ1n) is 7.71. The van der Waals surface area contributed by atoms with Gasteiger partial charge < -0.3 is 20.9 Å². The summed E-state index contributed by atoms with van der Waals surface area (Å²) in [5.74, 6) is 0.709. The van der Waals surface area contributed by atoms with Crippen LogP contribution in [0.3, 0.4) is 0 Å². The topological polar surface area (TPSA) is 87.8 Å². The first-order chi connectivity index (χ1) is 11.2. The van der Waals surface area contributed by atoms with Crippen LogP contribution >= 0.6 is 11.8 Å². The van der Waals surface area contributed by atoms with Crippen molar-refractivity contribution in [3.05, 3.63) is 35.8 Å². The second-order valence-corrected chi connectivity index (χ2v) is 5.75. The monoisotopic (exact) mass is 334 g/mol. The number of rotatable bonds is 7. The van der Waals surface area contributed by atoms with Crippen LogP contribution in [0.4, 0.5) is 0 Å². The molecule has 5 nitrogen and oxygen atoms in total. The van der Waals surface area contributed by atoms with Crippen molar-refractivity contribution in [2.75, 3.05) is 19.4 Å². The summed E-state index contributed by atoms with van der Waals surface area (Å²) in [6.45, 7) is 5.61. The molecule has 2 aromatic rings. The largest absolute Gasteiger partial charge is 0.372 e. The van der Waals surface area contributed by atoms with E-state index in [2.05, 4.69) is 23.8 Å². The number of benzene rings is 1. The molecule has 0 atom stereocenters. The van der Waals surface area contributed by atoms with Crippen LogP contribution in [0, 0.1) is 5.41 Å². The van der Waals surface area contributed by atoms with E-state index in [1.54, 1.807) is 11.8 Å². The van der Waals surface area contributed by atoms with Crippen LogP contribution in [0.2, 0.25) is 0 Å². The van der Waals surface area contributed by atoms with Gasteiger partial charge in [-0.15, -0.1) is 11.8 Å². The van der Waals surface area contributed by atoms with Crippen LogP contribution in [0.25, 0.3) is 11.3 Å². The Balaban J connectivity index is 0.000000816. The quantitative estimate of drug-likeness (QED) is 0.409. The number of imidazole rings is 1. The molecule has 126 valence electrons. The standard InChI is InChI=1S/C14H18N4OS.C3H8/c1-20-11-4-2-10(3-5-11)14-12(8-16)17-13(18-14)9-19-7-6-15;1-3-2/h2-5,8,16H,6-7,9,15H2,1H3,(H,17,18);3H2,1-2H3. The molecule has 0 bridgehead atoms. The number of nitrogens with zero attached hydrogens (tertiary/aromatic N) is 1. The highest BCUT2D eigenvalue weighted by molar-refractivity contribution is 7.98. The lowest BCUT2D eigenvalue weighted by atomic mass is 10.1. The molecule has 0 aliphatic carbocycles. The molecule has 0 saturated heterocycles. The number of nitrogens with two attached hydrogens (primary N) is 1. The zero-order valence-corrected chi connectivity index (χ0v) is 14.9. The highest BCUT2D eigenvalue weighted by Gasteiger charge is 2.10. The molecular formula is C17H26N4OS. The molecule has 23 heavy (non-hydrogen) atoms. The van der Waals surface area contributed by atoms with E-state index < -0.39 is 0 Å². The highest BCUT2D eigenvalue weighted by atomic mass is 32.2. The Morgan fingerprint density at radius 2 is 1.96 bits per heavy atom. The van der Waals surface area contributed by atoms with E-state index in [1.807, 2.05) is 30.5 Å². The number of aromatic amines is 1. The summed E-state index contributed by atoms with van der Waals surface area (Å²) in [4.78, 5) is 8.79. The van der Waals surface area contributed by atoms with Crippen molar-refractivity contribution >= 4 is 18.0 Å². The second-order valence-electron chi connectivity index (χ2n) is 4.87. The number of ether oxygens (including phenoxy) is 1. The van der Waals surface area contributed by atoms with Crippen molar-refractivity contribution in [2.45, 2.75) is 31.8 Å². The van der Waals surface area contributed by atoms with E-state index in [0.29, 0.717) is 31.3 Å². The molecule has 0 aliphatic heterocycles. The molecule has 1 aromatic carbocycles. The van der Waals surface area contributed by atoms with Crippen LogP contribution in [0.1, 0.15) is 31.8 Å². The molecule has 0 saturated carbocycles. The lowest BCUT2D eigenvalue weighted by Crippen LogP contribution is -2.08. The van der Waals surface area contributed by atoms with Crippen molar-refractivity contribution in [3.63, 3.8) is 0 Å². The maximum atomic E-state index is 7.48. The molecule has 0 unspecified atom stereocenters. The summed E-state index contributed by atoms with van der Waals surface area (Å²) in [6, 6.07) is 8.12. The number of thioether (sulfide) groups is 1. The average molecular weight is 334 g/mol. The highest BCUT2D eigenvalue weighted by Crippen LogP contribution is 2.24. The first-order valence-corrected chi connectivity index (χ1v) is 8.94. The Hall–Kier alpha value is -1.63. The van der Waals surface area contributed by atoms with Gasteiger partial charge in [0.1, 0.15) is 12.4 Å². The lowest BCUT2D eigenvalue weighted by Gasteiger charge is -2.00. The van der Waals surface area contributed by atoms with Gasteiger partial charge in [0.25, 0.3) is 0 Å². The number of aromatic nitrogens is 2. The molecule has 0 radical (unpaired) electrons. The third kappa shape index (κ3) is 6.17. The lowest BCUT2D eigenvalue weighted by molar-refractivity contribution is 0.123. The predicted octanol–water partition coefficient (Wildman–Crippen LogP) is 3.69. The molecular weight excluding hydrogens is 308 g/mol. The number of H-pyrrole nitrogens is 1. The van der Waals surface area contributed by atoms with E-state index >= 15 is 0 Å². The third-order valence-electron chi connectivity index (χ3n) is 2.79. The molecule has 1 aromatic heterocycles. The fraction of sp³-hybridized carbons (Fsp3) is 0.412. The van der Waals surface area contributed by atoms with Gasteiger partial charge in [0.2, 0.25) is 0 Å². The number of hydrogen-bond donors (Lipinski definition) is 3. The maximum absolute atomic E-state index is 7.48. The zero-order chi connectivity index (χ0) is 17.1. The van der Waals surface area contributed by atoms with E-state index in [1.165, 1.54) is 17.5 Å². The summed E-state index contributed by atoms with van der Waals surface area (Å²) in [6.07, 6.45) is 4.57. The Bertz CT molecular complexity index is 581. The van der Waals surface area contributed by atoms with Gasteiger partial charge >= 0.3 is 0 Å². The van der Waals surface area contributed by atoms with Crippen molar-refractivity contribution in [1.29, 1.82) is 5.41 Å². The minimum Gasteiger partial charge on any atom is -0.372 e. The summed E-state index contributed by atoms with van der Waals surface area (Å²) in [5.41, 5.74) is 7.83. The molecule has 2 rings (SSSR count). The Morgan fingerprint density at radius 1 is 1.30 bits per heavy atom. The van der Waals surface area contributed by atoms with Crippen LogP contribution in [-0.2, 0) is 11.3 Å². The van der Waals surface area contributed by atoms with Gasteiger partial charge in [0, 0.05) is 23.2 Å². The smallest absolute Gasteiger partial charge is 0.133 e. The van der Waals surface area contributed by atoms with Crippen LogP contribution in [0.15, 0.2) is 29.2 Å². The van der Waals surface area contributed by atoms with Gasteiger partial charge in [-0.25, -0.2) is 4.98 Å². The minimum atomic E-state index is 0.376. The van der Waals surface area contributed by atoms with E-state index in [0.717, 1.165) is 11.3 Å². The molecule has 0 fully saturated rings. The summed E-state index contributed by atoms with van der Waals surface area (Å²) < 4.78 is 5.36. The summed E-state index contributed by atoms with van der Waals surface area (Å²) in [5, 5.41) is 7.48. The zero-order valence-electron chi connectivity index (χ0n) is 14.1. The number of hydrogen-bond acceptors (Lipinski definition) is 5. The first kappa shape index (κ1) is 19.4. The fourth-order valence-corrected chi connectivity index (χ4v) is 2.24. The third-order valence-corrected chi connectivity index (χ3v) is 3.53. The van der Waals surface area contributed by atoms with Gasteiger partial charge in [-0.05, 0) is 18.4 Å². The van der Waals surface area contributed by atoms with E-state index in [9.17, 15) is 0 Å². The summed E-state index contributed by atoms with van der Waals surface area (Å²) >= 11 is 1.70. The Kier molecular flexibility index (Phi) is 9.28. The molecule has 0 amide bonds. The second kappa shape index (κ2) is 11.0. The summed E-state index contributed by atoms with van der Waals surface area (Å²) in [7, 11) is 0. The fourth-order valence-electron chi connectivity index (χ4n) is 1.83. The molecule has 1 heterocycles. The number of nitrogens with one attached hydrogen (secondary N) is 2. The molecule has 4 N–H and O–H groups in total. The van der Waals surface area contributed by atoms with E-state index in [-0.39, 0.29) is 0 Å². The van der Waals surface area contributed by atoms with Crippen molar-refractivity contribution in [1.82, 2.24) is 9.97 Å². The normalized spacial score (nSPS) is 10.1. The van der Waals surface area contributed by atoms with Crippen molar-refractivity contribution in [2.24, 2.45) is 5.73 Å². The van der Waals surface area contributed by atoms with Crippen molar-refractivity contribution in [3.8, 4) is 11.3 Å². The van der Waals surface area contributed by atoms with Crippen molar-refractivity contribution < 1.29 is 4.74 Å². The Labute approximate surface area is 142 Å². The predicted molar refractivity (Wildman–Crippen MR) is 98.4 cm³/mol. The van der Waals surface area contributed by atoms with Crippen LogP contribution in [-0.4, -0.2) is 35.6 Å². The Morgan fingerprint density at radius 3 is 2.48 bits per heavy atom. The van der Waals surface area contributed by atoms with Gasteiger partial charge in [-0.2, -0.15) is 0 Å². The minimum absolute atomic E-state index is 0.376. The molecule has 6 heteroatoms. The average Bonchev–Trinajstić information content (AvgIpc) is 2.99. The van der Waals surface area contributed by atoms with E-state index in [4.69, 9.17) is 15.9 Å². The van der Waals surface area contributed by atoms with Gasteiger partial charge in [-0.3, -0.25) is 0 Å². The van der Waals surface area contributed by atoms with Crippen LogP contribution < -0.4 is 5.73 Å². The maximum Gasteiger partial charge on any atom is 0.133 e. The van der Waals surface area contributed by atoms with Gasteiger partial charge in [0.05, 0.1) is 18.0 Å². The van der Waals surface area contributed by atoms with Gasteiger partial charge in [0.15, 0.2) is 0 Å². The SMILES string of the molecule is CCC.CSc1ccc(-c2nc(COCCN)[nH]c2C=N)cc1. The molecule has 0 spiro atoms. The molecule has 0 aliphatic rings.